The molecule has 0 saturated carbocycles. The van der Waals surface area contributed by atoms with E-state index in [1.54, 1.807) is 24.3 Å². The van der Waals surface area contributed by atoms with Gasteiger partial charge >= 0.3 is 0 Å². The molecule has 1 aromatic heterocycles. The molecule has 1 saturated heterocycles. The summed E-state index contributed by atoms with van der Waals surface area (Å²) in [5.41, 5.74) is 1.25. The summed E-state index contributed by atoms with van der Waals surface area (Å²) in [5.74, 6) is 1.02. The number of nitrogens with zero attached hydrogens (tertiary/aromatic N) is 2. The van der Waals surface area contributed by atoms with Crippen LogP contribution in [0, 0.1) is 0 Å². The molecule has 6 nitrogen and oxygen atoms in total. The van der Waals surface area contributed by atoms with E-state index in [0.29, 0.717) is 21.9 Å². The second-order valence-corrected chi connectivity index (χ2v) is 8.61. The quantitative estimate of drug-likeness (QED) is 0.613. The van der Waals surface area contributed by atoms with Crippen molar-refractivity contribution in [1.82, 2.24) is 9.88 Å². The summed E-state index contributed by atoms with van der Waals surface area (Å²) in [6, 6.07) is 11.8. The van der Waals surface area contributed by atoms with E-state index < -0.39 is 10.1 Å². The Kier molecular flexibility index (Phi) is 5.25. The number of ether oxygens (including phenoxy) is 1. The molecule has 0 amide bonds. The topological polar surface area (TPSA) is 79.7 Å². The molecule has 1 aliphatic heterocycles. The lowest BCUT2D eigenvalue weighted by atomic mass is 10.2. The molecule has 1 aliphatic rings. The predicted molar refractivity (Wildman–Crippen MR) is 108 cm³/mol. The zero-order valence-corrected chi connectivity index (χ0v) is 16.6. The highest BCUT2D eigenvalue weighted by Gasteiger charge is 2.16. The van der Waals surface area contributed by atoms with Crippen molar-refractivity contribution >= 4 is 32.6 Å². The molecule has 4 rings (SSSR count). The molecular formula is C20H19ClN2O4S. The van der Waals surface area contributed by atoms with Gasteiger partial charge in [-0.15, -0.1) is 0 Å². The predicted octanol–water partition coefficient (Wildman–Crippen LogP) is 4.52. The van der Waals surface area contributed by atoms with Crippen molar-refractivity contribution in [2.24, 2.45) is 0 Å². The first kappa shape index (κ1) is 19.1. The van der Waals surface area contributed by atoms with Gasteiger partial charge in [0, 0.05) is 17.0 Å². The number of fused-ring (bicyclic) bond motifs is 1. The Morgan fingerprint density at radius 3 is 2.61 bits per heavy atom. The first-order valence-electron chi connectivity index (χ1n) is 8.95. The van der Waals surface area contributed by atoms with Gasteiger partial charge in [0.15, 0.2) is 0 Å². The molecule has 0 radical (unpaired) electrons. The highest BCUT2D eigenvalue weighted by atomic mass is 35.5. The van der Waals surface area contributed by atoms with E-state index >= 15 is 0 Å². The molecule has 2 aromatic carbocycles. The average molecular weight is 419 g/mol. The molecule has 0 aliphatic carbocycles. The lowest BCUT2D eigenvalue weighted by Crippen LogP contribution is -2.18. The largest absolute Gasteiger partial charge is 0.456 e. The SMILES string of the molecule is O=S(=O)(O)c1cccc2cc(Oc3ccc(CN4CCCC4)c(Cl)c3)cnc12. The number of halogens is 1. The number of benzene rings is 2. The Balaban J connectivity index is 1.57. The summed E-state index contributed by atoms with van der Waals surface area (Å²) in [6.07, 6.45) is 3.88. The minimum Gasteiger partial charge on any atom is -0.456 e. The molecule has 0 atom stereocenters. The maximum absolute atomic E-state index is 11.5. The van der Waals surface area contributed by atoms with Gasteiger partial charge in [0.1, 0.15) is 16.4 Å². The molecule has 28 heavy (non-hydrogen) atoms. The molecular weight excluding hydrogens is 400 g/mol. The van der Waals surface area contributed by atoms with Gasteiger partial charge in [0.2, 0.25) is 0 Å². The third kappa shape index (κ3) is 4.12. The van der Waals surface area contributed by atoms with Gasteiger partial charge in [0.25, 0.3) is 10.1 Å². The summed E-state index contributed by atoms with van der Waals surface area (Å²) in [7, 11) is -4.35. The number of hydrogen-bond donors (Lipinski definition) is 1. The van der Waals surface area contributed by atoms with Crippen molar-refractivity contribution in [2.45, 2.75) is 24.3 Å². The van der Waals surface area contributed by atoms with Crippen LogP contribution in [0.25, 0.3) is 10.9 Å². The Bertz CT molecular complexity index is 1130. The molecule has 0 bridgehead atoms. The van der Waals surface area contributed by atoms with Crippen molar-refractivity contribution in [1.29, 1.82) is 0 Å². The third-order valence-corrected chi connectivity index (χ3v) is 6.02. The van der Waals surface area contributed by atoms with E-state index in [9.17, 15) is 13.0 Å². The lowest BCUT2D eigenvalue weighted by Gasteiger charge is -2.16. The van der Waals surface area contributed by atoms with Crippen LogP contribution in [-0.4, -0.2) is 35.9 Å². The van der Waals surface area contributed by atoms with Crippen LogP contribution in [0.2, 0.25) is 5.02 Å². The van der Waals surface area contributed by atoms with Crippen molar-refractivity contribution < 1.29 is 17.7 Å². The number of likely N-dealkylation sites (tertiary alicyclic amines) is 1. The van der Waals surface area contributed by atoms with Crippen LogP contribution in [0.15, 0.2) is 53.6 Å². The van der Waals surface area contributed by atoms with Crippen molar-refractivity contribution in [3.63, 3.8) is 0 Å². The van der Waals surface area contributed by atoms with Crippen molar-refractivity contribution in [3.8, 4) is 11.5 Å². The minimum atomic E-state index is -4.35. The molecule has 3 aromatic rings. The number of aromatic nitrogens is 1. The van der Waals surface area contributed by atoms with E-state index in [2.05, 4.69) is 9.88 Å². The average Bonchev–Trinajstić information content (AvgIpc) is 3.16. The molecule has 1 fully saturated rings. The Hall–Kier alpha value is -2.19. The van der Waals surface area contributed by atoms with Crippen molar-refractivity contribution in [2.75, 3.05) is 13.1 Å². The van der Waals surface area contributed by atoms with Crippen LogP contribution in [0.4, 0.5) is 0 Å². The van der Waals surface area contributed by atoms with E-state index in [0.717, 1.165) is 25.2 Å². The van der Waals surface area contributed by atoms with Crippen LogP contribution in [-0.2, 0) is 16.7 Å². The van der Waals surface area contributed by atoms with Crippen LogP contribution in [0.1, 0.15) is 18.4 Å². The van der Waals surface area contributed by atoms with Crippen LogP contribution >= 0.6 is 11.6 Å². The molecule has 0 spiro atoms. The fourth-order valence-electron chi connectivity index (χ4n) is 3.41. The van der Waals surface area contributed by atoms with Crippen LogP contribution in [0.5, 0.6) is 11.5 Å². The van der Waals surface area contributed by atoms with Crippen LogP contribution < -0.4 is 4.74 Å². The second kappa shape index (κ2) is 7.67. The molecule has 0 unspecified atom stereocenters. The molecule has 146 valence electrons. The zero-order chi connectivity index (χ0) is 19.7. The van der Waals surface area contributed by atoms with Gasteiger partial charge < -0.3 is 4.74 Å². The van der Waals surface area contributed by atoms with Gasteiger partial charge in [0.05, 0.1) is 11.7 Å². The summed E-state index contributed by atoms with van der Waals surface area (Å²) >= 11 is 6.42. The first-order chi connectivity index (χ1) is 13.4. The number of para-hydroxylation sites is 1. The number of pyridine rings is 1. The van der Waals surface area contributed by atoms with Gasteiger partial charge in [-0.2, -0.15) is 8.42 Å². The summed E-state index contributed by atoms with van der Waals surface area (Å²) in [4.78, 5) is 6.29. The molecule has 2 heterocycles. The monoisotopic (exact) mass is 418 g/mol. The van der Waals surface area contributed by atoms with Gasteiger partial charge in [-0.3, -0.25) is 14.4 Å². The van der Waals surface area contributed by atoms with Crippen molar-refractivity contribution in [3.05, 3.63) is 59.2 Å². The summed E-state index contributed by atoms with van der Waals surface area (Å²) in [5, 5.41) is 1.19. The summed E-state index contributed by atoms with van der Waals surface area (Å²) < 4.78 is 38.1. The normalized spacial score (nSPS) is 15.2. The maximum atomic E-state index is 11.5. The smallest absolute Gasteiger partial charge is 0.296 e. The van der Waals surface area contributed by atoms with Gasteiger partial charge in [-0.05, 0) is 55.8 Å². The number of hydrogen-bond acceptors (Lipinski definition) is 5. The maximum Gasteiger partial charge on any atom is 0.296 e. The Morgan fingerprint density at radius 2 is 1.89 bits per heavy atom. The standard InChI is InChI=1S/C20H19ClN2O4S/c21-18-11-16(7-6-15(18)13-23-8-1-2-9-23)27-17-10-14-4-3-5-19(28(24,25)26)20(14)22-12-17/h3-7,10-12H,1-2,8-9,13H2,(H,24,25,26). The zero-order valence-electron chi connectivity index (χ0n) is 15.0. The molecule has 8 heteroatoms. The van der Waals surface area contributed by atoms with E-state index in [-0.39, 0.29) is 10.4 Å². The number of rotatable bonds is 5. The second-order valence-electron chi connectivity index (χ2n) is 6.81. The summed E-state index contributed by atoms with van der Waals surface area (Å²) in [6.45, 7) is 3.03. The van der Waals surface area contributed by atoms with E-state index in [4.69, 9.17) is 16.3 Å². The van der Waals surface area contributed by atoms with E-state index in [1.165, 1.54) is 25.1 Å². The highest BCUT2D eigenvalue weighted by molar-refractivity contribution is 7.86. The van der Waals surface area contributed by atoms with Gasteiger partial charge in [-0.1, -0.05) is 29.8 Å². The highest BCUT2D eigenvalue weighted by Crippen LogP contribution is 2.30. The minimum absolute atomic E-state index is 0.191. The first-order valence-corrected chi connectivity index (χ1v) is 10.8. The fraction of sp³-hybridized carbons (Fsp3) is 0.250. The lowest BCUT2D eigenvalue weighted by molar-refractivity contribution is 0.331. The Morgan fingerprint density at radius 1 is 1.11 bits per heavy atom. The fourth-order valence-corrected chi connectivity index (χ4v) is 4.31. The third-order valence-electron chi connectivity index (χ3n) is 4.78. The Labute approximate surface area is 168 Å². The van der Waals surface area contributed by atoms with Crippen LogP contribution in [0.3, 0.4) is 0 Å². The molecule has 1 N–H and O–H groups in total. The van der Waals surface area contributed by atoms with E-state index in [1.807, 2.05) is 12.1 Å². The van der Waals surface area contributed by atoms with Gasteiger partial charge in [-0.25, -0.2) is 0 Å².